The zero-order chi connectivity index (χ0) is 21.0. The lowest BCUT2D eigenvalue weighted by molar-refractivity contribution is 0.0588. The lowest BCUT2D eigenvalue weighted by Gasteiger charge is -2.22. The molecule has 7 nitrogen and oxygen atoms in total. The molecule has 0 spiro atoms. The summed E-state index contributed by atoms with van der Waals surface area (Å²) in [5.74, 6) is -0.449. The Kier molecular flexibility index (Phi) is 6.83. The number of methoxy groups -OCH3 is 1. The van der Waals surface area contributed by atoms with Crippen LogP contribution in [0.1, 0.15) is 62.9 Å². The van der Waals surface area contributed by atoms with Gasteiger partial charge in [0, 0.05) is 24.8 Å². The lowest BCUT2D eigenvalue weighted by atomic mass is 10.0. The van der Waals surface area contributed by atoms with Gasteiger partial charge in [-0.15, -0.1) is 0 Å². The molecule has 0 unspecified atom stereocenters. The molecule has 0 aliphatic heterocycles. The fraction of sp³-hybridized carbons (Fsp3) is 0.476. The Morgan fingerprint density at radius 2 is 1.93 bits per heavy atom. The van der Waals surface area contributed by atoms with E-state index >= 15 is 0 Å². The molecule has 0 radical (unpaired) electrons. The first-order valence-corrected chi connectivity index (χ1v) is 9.29. The van der Waals surface area contributed by atoms with Crippen molar-refractivity contribution in [2.24, 2.45) is 13.0 Å². The van der Waals surface area contributed by atoms with E-state index in [2.05, 4.69) is 13.8 Å². The van der Waals surface area contributed by atoms with Crippen molar-refractivity contribution in [3.05, 3.63) is 46.7 Å². The number of nitrogens with zero attached hydrogens (tertiary/aromatic N) is 2. The Bertz CT molecular complexity index is 862. The van der Waals surface area contributed by atoms with Crippen LogP contribution in [0, 0.1) is 19.8 Å². The van der Waals surface area contributed by atoms with Crippen LogP contribution in [0.25, 0.3) is 0 Å². The minimum Gasteiger partial charge on any atom is -0.464 e. The molecule has 0 saturated heterocycles. The Morgan fingerprint density at radius 1 is 1.25 bits per heavy atom. The standard InChI is InChI=1S/C21H28N2O5/c1-13(2)9-10-23(20(25)17-8-7-11-28-17)12-16(24)18-14(3)19(21(26)27-6)22(5)15(18)4/h7-8,11,13H,9-10,12H2,1-6H3. The second kappa shape index (κ2) is 8.91. The van der Waals surface area contributed by atoms with Crippen LogP contribution in [0.2, 0.25) is 0 Å². The molecule has 2 rings (SSSR count). The van der Waals surface area contributed by atoms with Gasteiger partial charge in [-0.25, -0.2) is 4.79 Å². The Morgan fingerprint density at radius 3 is 2.46 bits per heavy atom. The summed E-state index contributed by atoms with van der Waals surface area (Å²) in [6, 6.07) is 3.23. The number of rotatable bonds is 8. The van der Waals surface area contributed by atoms with Crippen LogP contribution in [0.5, 0.6) is 0 Å². The monoisotopic (exact) mass is 388 g/mol. The number of ketones is 1. The molecular formula is C21H28N2O5. The van der Waals surface area contributed by atoms with Crippen LogP contribution in [0.4, 0.5) is 0 Å². The van der Waals surface area contributed by atoms with E-state index < -0.39 is 5.97 Å². The number of esters is 1. The van der Waals surface area contributed by atoms with Crippen molar-refractivity contribution in [1.29, 1.82) is 0 Å². The summed E-state index contributed by atoms with van der Waals surface area (Å²) in [5, 5.41) is 0. The predicted molar refractivity (Wildman–Crippen MR) is 105 cm³/mol. The fourth-order valence-electron chi connectivity index (χ4n) is 3.25. The van der Waals surface area contributed by atoms with Gasteiger partial charge >= 0.3 is 5.97 Å². The van der Waals surface area contributed by atoms with Gasteiger partial charge in [-0.2, -0.15) is 0 Å². The highest BCUT2D eigenvalue weighted by molar-refractivity contribution is 6.05. The molecule has 2 aromatic heterocycles. The van der Waals surface area contributed by atoms with Crippen LogP contribution in [0.15, 0.2) is 22.8 Å². The molecule has 0 aliphatic carbocycles. The van der Waals surface area contributed by atoms with Crippen LogP contribution < -0.4 is 0 Å². The number of carbonyl (C=O) groups excluding carboxylic acids is 3. The minimum absolute atomic E-state index is 0.0848. The molecule has 2 heterocycles. The van der Waals surface area contributed by atoms with Gasteiger partial charge in [0.25, 0.3) is 5.91 Å². The van der Waals surface area contributed by atoms with Crippen molar-refractivity contribution in [3.63, 3.8) is 0 Å². The van der Waals surface area contributed by atoms with Gasteiger partial charge in [-0.3, -0.25) is 9.59 Å². The first-order chi connectivity index (χ1) is 13.2. The molecule has 0 atom stereocenters. The molecule has 2 aromatic rings. The second-order valence-electron chi connectivity index (χ2n) is 7.29. The van der Waals surface area contributed by atoms with Crippen molar-refractivity contribution in [3.8, 4) is 0 Å². The topological polar surface area (TPSA) is 81.8 Å². The van der Waals surface area contributed by atoms with E-state index in [-0.39, 0.29) is 24.0 Å². The summed E-state index contributed by atoms with van der Waals surface area (Å²) in [4.78, 5) is 39.5. The molecule has 1 amide bonds. The van der Waals surface area contributed by atoms with E-state index in [9.17, 15) is 14.4 Å². The van der Waals surface area contributed by atoms with Crippen molar-refractivity contribution in [1.82, 2.24) is 9.47 Å². The first-order valence-electron chi connectivity index (χ1n) is 9.29. The van der Waals surface area contributed by atoms with E-state index in [4.69, 9.17) is 9.15 Å². The maximum Gasteiger partial charge on any atom is 0.354 e. The van der Waals surface area contributed by atoms with Crippen LogP contribution in [0.3, 0.4) is 0 Å². The highest BCUT2D eigenvalue weighted by atomic mass is 16.5. The zero-order valence-corrected chi connectivity index (χ0v) is 17.4. The third-order valence-corrected chi connectivity index (χ3v) is 4.92. The zero-order valence-electron chi connectivity index (χ0n) is 17.4. The number of furan rings is 1. The van der Waals surface area contributed by atoms with E-state index in [1.807, 2.05) is 0 Å². The molecule has 0 aliphatic rings. The maximum atomic E-state index is 13.1. The van der Waals surface area contributed by atoms with Crippen molar-refractivity contribution in [2.45, 2.75) is 34.1 Å². The molecule has 28 heavy (non-hydrogen) atoms. The largest absolute Gasteiger partial charge is 0.464 e. The Labute approximate surface area is 165 Å². The van der Waals surface area contributed by atoms with E-state index in [1.54, 1.807) is 37.6 Å². The molecule has 0 saturated carbocycles. The normalized spacial score (nSPS) is 11.0. The van der Waals surface area contributed by atoms with Gasteiger partial charge in [-0.1, -0.05) is 13.8 Å². The minimum atomic E-state index is -0.495. The van der Waals surface area contributed by atoms with Gasteiger partial charge < -0.3 is 18.6 Å². The first kappa shape index (κ1) is 21.5. The molecule has 152 valence electrons. The maximum absolute atomic E-state index is 13.1. The fourth-order valence-corrected chi connectivity index (χ4v) is 3.25. The van der Waals surface area contributed by atoms with Gasteiger partial charge in [0.05, 0.1) is 19.9 Å². The number of carbonyl (C=O) groups is 3. The molecule has 7 heteroatoms. The highest BCUT2D eigenvalue weighted by Crippen LogP contribution is 2.23. The summed E-state index contributed by atoms with van der Waals surface area (Å²) in [7, 11) is 3.02. The average molecular weight is 388 g/mol. The Balaban J connectivity index is 2.33. The number of aromatic nitrogens is 1. The quantitative estimate of drug-likeness (QED) is 0.511. The van der Waals surface area contributed by atoms with Crippen LogP contribution in [-0.4, -0.2) is 47.3 Å². The summed E-state index contributed by atoms with van der Waals surface area (Å²) in [6.45, 7) is 7.98. The number of Topliss-reactive ketones (excluding diaryl/α,β-unsaturated/α-hetero) is 1. The molecule has 0 bridgehead atoms. The third kappa shape index (κ3) is 4.35. The van der Waals surface area contributed by atoms with Gasteiger partial charge in [-0.05, 0) is 43.9 Å². The smallest absolute Gasteiger partial charge is 0.354 e. The molecule has 0 N–H and O–H groups in total. The van der Waals surface area contributed by atoms with Gasteiger partial charge in [0.15, 0.2) is 11.5 Å². The Hall–Kier alpha value is -2.83. The van der Waals surface area contributed by atoms with E-state index in [0.29, 0.717) is 35.0 Å². The van der Waals surface area contributed by atoms with Crippen molar-refractivity contribution >= 4 is 17.7 Å². The van der Waals surface area contributed by atoms with Gasteiger partial charge in [0.2, 0.25) is 0 Å². The third-order valence-electron chi connectivity index (χ3n) is 4.92. The highest BCUT2D eigenvalue weighted by Gasteiger charge is 2.28. The SMILES string of the molecule is COC(=O)c1c(C)c(C(=O)CN(CCC(C)C)C(=O)c2ccco2)c(C)n1C. The lowest BCUT2D eigenvalue weighted by Crippen LogP contribution is -2.37. The van der Waals surface area contributed by atoms with Crippen LogP contribution >= 0.6 is 0 Å². The van der Waals surface area contributed by atoms with Gasteiger partial charge in [0.1, 0.15) is 5.69 Å². The predicted octanol–water partition coefficient (Wildman–Crippen LogP) is 3.39. The number of ether oxygens (including phenoxy) is 1. The average Bonchev–Trinajstić information content (AvgIpc) is 3.25. The summed E-state index contributed by atoms with van der Waals surface area (Å²) < 4.78 is 11.7. The molecule has 0 aromatic carbocycles. The number of hydrogen-bond donors (Lipinski definition) is 0. The van der Waals surface area contributed by atoms with E-state index in [1.165, 1.54) is 18.3 Å². The number of hydrogen-bond acceptors (Lipinski definition) is 5. The van der Waals surface area contributed by atoms with Crippen molar-refractivity contribution < 1.29 is 23.5 Å². The van der Waals surface area contributed by atoms with E-state index in [0.717, 1.165) is 6.42 Å². The summed E-state index contributed by atoms with van der Waals surface area (Å²) in [6.07, 6.45) is 2.20. The van der Waals surface area contributed by atoms with Crippen molar-refractivity contribution in [2.75, 3.05) is 20.2 Å². The summed E-state index contributed by atoms with van der Waals surface area (Å²) in [5.41, 5.74) is 2.02. The molecule has 0 fully saturated rings. The second-order valence-corrected chi connectivity index (χ2v) is 7.29. The van der Waals surface area contributed by atoms with Crippen LogP contribution in [-0.2, 0) is 11.8 Å². The number of amides is 1. The molecular weight excluding hydrogens is 360 g/mol. The summed E-state index contributed by atoms with van der Waals surface area (Å²) >= 11 is 0.